The van der Waals surface area contributed by atoms with E-state index in [1.165, 1.54) is 193 Å². The molecule has 0 radical (unpaired) electrons. The molecule has 0 aliphatic heterocycles. The highest BCUT2D eigenvalue weighted by molar-refractivity contribution is 4.82. The summed E-state index contributed by atoms with van der Waals surface area (Å²) in [5.41, 5.74) is 0. The Kier molecular flexibility index (Phi) is 38.8. The molecular weight excluding hydrogens is 477 g/mol. The lowest BCUT2D eigenvalue weighted by molar-refractivity contribution is 0.314. The maximum Gasteiger partial charge on any atom is -0.00218 e. The van der Waals surface area contributed by atoms with Gasteiger partial charge in [-0.15, -0.1) is 0 Å². The first-order chi connectivity index (χ1) is 18.8. The fraction of sp³-hybridized carbons (Fsp3) is 0.892. The van der Waals surface area contributed by atoms with E-state index in [9.17, 15) is 0 Å². The average molecular weight is 552 g/mol. The molecule has 0 saturated heterocycles. The molecule has 0 atom stereocenters. The van der Waals surface area contributed by atoms with Crippen molar-refractivity contribution in [1.29, 1.82) is 0 Å². The number of nitrogens with zero attached hydrogens (tertiary/aromatic N) is 1. The lowest BCUT2D eigenvalue weighted by Crippen LogP contribution is -2.20. The van der Waals surface area contributed by atoms with Gasteiger partial charge in [0.05, 0.1) is 0 Å². The van der Waals surface area contributed by atoms with Crippen LogP contribution in [0.3, 0.4) is 0 Å². The second-order valence-corrected chi connectivity index (χ2v) is 12.2. The molecule has 0 aromatic heterocycles. The van der Waals surface area contributed by atoms with Crippen molar-refractivity contribution in [2.75, 3.05) is 20.1 Å². The van der Waals surface area contributed by atoms with Gasteiger partial charge in [0.1, 0.15) is 0 Å². The molecule has 0 N–H and O–H groups in total. The molecule has 0 bridgehead atoms. The van der Waals surface area contributed by atoms with Crippen molar-refractivity contribution in [3.05, 3.63) is 24.3 Å². The molecule has 0 saturated carbocycles. The van der Waals surface area contributed by atoms with E-state index in [0.29, 0.717) is 0 Å². The number of rotatable bonds is 32. The first kappa shape index (κ1) is 40.5. The highest BCUT2D eigenvalue weighted by Gasteiger charge is 1.99. The predicted octanol–water partition coefficient (Wildman–Crippen LogP) is 13.1. The van der Waals surface area contributed by atoms with Crippen LogP contribution >= 0.6 is 0 Å². The molecule has 0 fully saturated rings. The van der Waals surface area contributed by atoms with Crippen molar-refractivity contribution >= 4 is 0 Å². The summed E-state index contributed by atoms with van der Waals surface area (Å²) in [6.45, 7) is 7.19. The van der Waals surface area contributed by atoms with Crippen molar-refractivity contribution in [2.24, 2.45) is 0 Å². The molecular formula is C37H74FN. The zero-order valence-electron chi connectivity index (χ0n) is 27.4. The average Bonchev–Trinajstić information content (AvgIpc) is 2.92. The lowest BCUT2D eigenvalue weighted by Gasteiger charge is -2.16. The second-order valence-electron chi connectivity index (χ2n) is 12.2. The Morgan fingerprint density at radius 2 is 0.564 bits per heavy atom. The first-order valence-corrected chi connectivity index (χ1v) is 17.8. The van der Waals surface area contributed by atoms with Crippen molar-refractivity contribution in [3.63, 3.8) is 0 Å². The highest BCUT2D eigenvalue weighted by Crippen LogP contribution is 2.12. The summed E-state index contributed by atoms with van der Waals surface area (Å²) in [7, 11) is 2.33. The SMILES string of the molecule is CCCCCCCCC=CCCCCCCCCN(C)CCCCCCCCC=CCCCCCCCC.F. The number of halogens is 1. The maximum absolute atomic E-state index is 2.57. The van der Waals surface area contributed by atoms with Gasteiger partial charge in [-0.25, -0.2) is 0 Å². The maximum atomic E-state index is 2.57. The van der Waals surface area contributed by atoms with Crippen LogP contribution in [0.15, 0.2) is 24.3 Å². The molecule has 0 aliphatic carbocycles. The minimum atomic E-state index is 0. The number of unbranched alkanes of at least 4 members (excludes halogenated alkanes) is 24. The summed E-state index contributed by atoms with van der Waals surface area (Å²) < 4.78 is 0. The van der Waals surface area contributed by atoms with Gasteiger partial charge < -0.3 is 4.90 Å². The summed E-state index contributed by atoms with van der Waals surface area (Å²) in [4.78, 5) is 2.57. The molecule has 2 heteroatoms. The van der Waals surface area contributed by atoms with Crippen LogP contribution < -0.4 is 0 Å². The van der Waals surface area contributed by atoms with Crippen LogP contribution in [0.4, 0.5) is 4.70 Å². The summed E-state index contributed by atoms with van der Waals surface area (Å²) >= 11 is 0. The first-order valence-electron chi connectivity index (χ1n) is 17.8. The molecule has 0 amide bonds. The summed E-state index contributed by atoms with van der Waals surface area (Å²) in [5.74, 6) is 0. The van der Waals surface area contributed by atoms with Crippen LogP contribution in [0.5, 0.6) is 0 Å². The minimum Gasteiger partial charge on any atom is -0.306 e. The normalized spacial score (nSPS) is 11.8. The van der Waals surface area contributed by atoms with Gasteiger partial charge in [0, 0.05) is 0 Å². The van der Waals surface area contributed by atoms with E-state index in [0.717, 1.165) is 0 Å². The van der Waals surface area contributed by atoms with E-state index in [1.807, 2.05) is 0 Å². The minimum absolute atomic E-state index is 0. The van der Waals surface area contributed by atoms with E-state index in [4.69, 9.17) is 0 Å². The van der Waals surface area contributed by atoms with Gasteiger partial charge in [-0.3, -0.25) is 4.70 Å². The molecule has 0 aromatic carbocycles. The number of allylic oxidation sites excluding steroid dienone is 4. The third kappa shape index (κ3) is 37.4. The van der Waals surface area contributed by atoms with Crippen LogP contribution in [0.1, 0.15) is 194 Å². The Morgan fingerprint density at radius 3 is 0.846 bits per heavy atom. The van der Waals surface area contributed by atoms with E-state index < -0.39 is 0 Å². The van der Waals surface area contributed by atoms with Gasteiger partial charge in [-0.1, -0.05) is 154 Å². The predicted molar refractivity (Wildman–Crippen MR) is 179 cm³/mol. The largest absolute Gasteiger partial charge is 0.306 e. The Balaban J connectivity index is 0. The van der Waals surface area contributed by atoms with Gasteiger partial charge in [0.15, 0.2) is 0 Å². The smallest absolute Gasteiger partial charge is 0.00218 e. The molecule has 234 valence electrons. The lowest BCUT2D eigenvalue weighted by atomic mass is 10.1. The molecule has 0 aromatic rings. The van der Waals surface area contributed by atoms with Crippen LogP contribution in [0, 0.1) is 0 Å². The fourth-order valence-electron chi connectivity index (χ4n) is 5.37. The Labute approximate surface area is 247 Å². The number of hydrogen-bond donors (Lipinski definition) is 0. The van der Waals surface area contributed by atoms with E-state index >= 15 is 0 Å². The Hall–Kier alpha value is -0.630. The van der Waals surface area contributed by atoms with Gasteiger partial charge >= 0.3 is 0 Å². The van der Waals surface area contributed by atoms with Gasteiger partial charge in [-0.2, -0.15) is 0 Å². The molecule has 0 unspecified atom stereocenters. The van der Waals surface area contributed by atoms with E-state index in [2.05, 4.69) is 50.1 Å². The van der Waals surface area contributed by atoms with Gasteiger partial charge in [0.2, 0.25) is 0 Å². The molecule has 0 rings (SSSR count). The zero-order valence-corrected chi connectivity index (χ0v) is 27.4. The van der Waals surface area contributed by atoms with Crippen LogP contribution in [0.2, 0.25) is 0 Å². The molecule has 0 aliphatic rings. The molecule has 0 spiro atoms. The van der Waals surface area contributed by atoms with Crippen molar-refractivity contribution in [3.8, 4) is 0 Å². The van der Waals surface area contributed by atoms with E-state index in [1.54, 1.807) is 0 Å². The second kappa shape index (κ2) is 37.4. The third-order valence-corrected chi connectivity index (χ3v) is 8.10. The van der Waals surface area contributed by atoms with Crippen molar-refractivity contribution < 1.29 is 4.70 Å². The fourth-order valence-corrected chi connectivity index (χ4v) is 5.37. The quantitative estimate of drug-likeness (QED) is 0.0593. The standard InChI is InChI=1S/C37H73N.FH/c1-4-6-8-10-12-14-16-18-20-22-24-26-28-30-32-34-36-38(3)37-35-33-31-29-27-25-23-21-19-17-15-13-11-9-7-5-2;/h18-21H,4-17,22-37H2,1-3H3;1H. The summed E-state index contributed by atoms with van der Waals surface area (Å²) in [6.07, 6.45) is 48.9. The summed E-state index contributed by atoms with van der Waals surface area (Å²) in [6, 6.07) is 0. The van der Waals surface area contributed by atoms with Crippen molar-refractivity contribution in [1.82, 2.24) is 4.90 Å². The van der Waals surface area contributed by atoms with Crippen LogP contribution in [0.25, 0.3) is 0 Å². The van der Waals surface area contributed by atoms with E-state index in [-0.39, 0.29) is 4.70 Å². The molecule has 39 heavy (non-hydrogen) atoms. The monoisotopic (exact) mass is 552 g/mol. The third-order valence-electron chi connectivity index (χ3n) is 8.10. The zero-order chi connectivity index (χ0) is 27.6. The Morgan fingerprint density at radius 1 is 0.333 bits per heavy atom. The van der Waals surface area contributed by atoms with Gasteiger partial charge in [0.25, 0.3) is 0 Å². The molecule has 0 heterocycles. The number of hydrogen-bond acceptors (Lipinski definition) is 1. The Bertz CT molecular complexity index is 430. The van der Waals surface area contributed by atoms with Crippen LogP contribution in [-0.4, -0.2) is 25.0 Å². The van der Waals surface area contributed by atoms with Gasteiger partial charge in [-0.05, 0) is 84.3 Å². The highest BCUT2D eigenvalue weighted by atomic mass is 19.0. The topological polar surface area (TPSA) is 3.24 Å². The van der Waals surface area contributed by atoms with Crippen LogP contribution in [-0.2, 0) is 0 Å². The molecule has 1 nitrogen and oxygen atoms in total. The summed E-state index contributed by atoms with van der Waals surface area (Å²) in [5, 5.41) is 0. The van der Waals surface area contributed by atoms with Crippen molar-refractivity contribution in [2.45, 2.75) is 194 Å².